The maximum absolute atomic E-state index is 12.8. The van der Waals surface area contributed by atoms with Gasteiger partial charge in [-0.1, -0.05) is 48.0 Å². The molecule has 158 valence electrons. The van der Waals surface area contributed by atoms with Crippen LogP contribution in [0.2, 0.25) is 5.02 Å². The summed E-state index contributed by atoms with van der Waals surface area (Å²) >= 11 is 6.27. The minimum absolute atomic E-state index is 0.133. The number of aromatic nitrogens is 1. The van der Waals surface area contributed by atoms with Gasteiger partial charge in [-0.2, -0.15) is 0 Å². The molecule has 1 amide bonds. The summed E-state index contributed by atoms with van der Waals surface area (Å²) in [5.74, 6) is 0.458. The number of rotatable bonds is 4. The van der Waals surface area contributed by atoms with E-state index in [1.807, 2.05) is 72.8 Å². The summed E-state index contributed by atoms with van der Waals surface area (Å²) in [5, 5.41) is 5.35. The van der Waals surface area contributed by atoms with Crippen molar-refractivity contribution >= 4 is 39.4 Å². The molecule has 0 fully saturated rings. The number of carbonyl (C=O) groups excluding carboxylic acids is 1. The highest BCUT2D eigenvalue weighted by molar-refractivity contribution is 6.36. The minimum Gasteiger partial charge on any atom is -0.436 e. The SMILES string of the molecule is Cc1cc2nc(-c3ccc(CNC(=O)c4cccc5c(Cl)cccc45)cc3)oc2cc1C. The third-order valence-corrected chi connectivity index (χ3v) is 6.10. The highest BCUT2D eigenvalue weighted by atomic mass is 35.5. The quantitative estimate of drug-likeness (QED) is 0.332. The molecular formula is C27H21ClN2O2. The number of aryl methyl sites for hydroxylation is 2. The second-order valence-corrected chi connectivity index (χ2v) is 8.35. The molecule has 1 heterocycles. The van der Waals surface area contributed by atoms with Gasteiger partial charge < -0.3 is 9.73 Å². The molecule has 0 saturated heterocycles. The van der Waals surface area contributed by atoms with E-state index in [4.69, 9.17) is 16.0 Å². The number of nitrogens with zero attached hydrogens (tertiary/aromatic N) is 1. The molecule has 5 heteroatoms. The van der Waals surface area contributed by atoms with Crippen LogP contribution in [0.5, 0.6) is 0 Å². The number of halogens is 1. The Labute approximate surface area is 190 Å². The van der Waals surface area contributed by atoms with Crippen molar-refractivity contribution in [2.75, 3.05) is 0 Å². The van der Waals surface area contributed by atoms with Gasteiger partial charge in [-0.25, -0.2) is 4.98 Å². The zero-order valence-electron chi connectivity index (χ0n) is 17.8. The van der Waals surface area contributed by atoms with E-state index in [9.17, 15) is 4.79 Å². The molecule has 0 radical (unpaired) electrons. The zero-order chi connectivity index (χ0) is 22.2. The van der Waals surface area contributed by atoms with Crippen LogP contribution >= 0.6 is 11.6 Å². The topological polar surface area (TPSA) is 55.1 Å². The van der Waals surface area contributed by atoms with Crippen LogP contribution in [-0.2, 0) is 6.54 Å². The lowest BCUT2D eigenvalue weighted by Crippen LogP contribution is -2.23. The summed E-state index contributed by atoms with van der Waals surface area (Å²) < 4.78 is 5.94. The van der Waals surface area contributed by atoms with Crippen LogP contribution < -0.4 is 5.32 Å². The number of amides is 1. The van der Waals surface area contributed by atoms with E-state index in [2.05, 4.69) is 24.1 Å². The first-order valence-corrected chi connectivity index (χ1v) is 10.8. The molecule has 1 N–H and O–H groups in total. The lowest BCUT2D eigenvalue weighted by Gasteiger charge is -2.09. The van der Waals surface area contributed by atoms with Gasteiger partial charge in [-0.05, 0) is 72.3 Å². The van der Waals surface area contributed by atoms with Crippen molar-refractivity contribution in [3.63, 3.8) is 0 Å². The highest BCUT2D eigenvalue weighted by Crippen LogP contribution is 2.27. The highest BCUT2D eigenvalue weighted by Gasteiger charge is 2.12. The van der Waals surface area contributed by atoms with Crippen LogP contribution in [0.25, 0.3) is 33.3 Å². The monoisotopic (exact) mass is 440 g/mol. The third-order valence-electron chi connectivity index (χ3n) is 5.77. The summed E-state index contributed by atoms with van der Waals surface area (Å²) in [7, 11) is 0. The fourth-order valence-corrected chi connectivity index (χ4v) is 4.05. The maximum Gasteiger partial charge on any atom is 0.252 e. The molecule has 0 aliphatic heterocycles. The van der Waals surface area contributed by atoms with Crippen LogP contribution in [0, 0.1) is 13.8 Å². The molecule has 32 heavy (non-hydrogen) atoms. The molecule has 0 atom stereocenters. The Morgan fingerprint density at radius 3 is 2.47 bits per heavy atom. The van der Waals surface area contributed by atoms with E-state index >= 15 is 0 Å². The van der Waals surface area contributed by atoms with Gasteiger partial charge in [0.1, 0.15) is 5.52 Å². The van der Waals surface area contributed by atoms with Gasteiger partial charge in [0.25, 0.3) is 5.91 Å². The van der Waals surface area contributed by atoms with Crippen LogP contribution in [-0.4, -0.2) is 10.9 Å². The van der Waals surface area contributed by atoms with Crippen molar-refractivity contribution in [2.24, 2.45) is 0 Å². The standard InChI is InChI=1S/C27H21ClN2O2/c1-16-13-24-25(14-17(16)2)32-27(30-24)19-11-9-18(10-12-19)15-29-26(31)22-7-3-6-21-20(22)5-4-8-23(21)28/h3-14H,15H2,1-2H3,(H,29,31). The lowest BCUT2D eigenvalue weighted by atomic mass is 10.0. The van der Waals surface area contributed by atoms with Gasteiger partial charge in [-0.15, -0.1) is 0 Å². The number of hydrogen-bond acceptors (Lipinski definition) is 3. The van der Waals surface area contributed by atoms with Gasteiger partial charge in [0.2, 0.25) is 5.89 Å². The first kappa shape index (κ1) is 20.3. The molecule has 0 bridgehead atoms. The molecule has 0 aliphatic carbocycles. The van der Waals surface area contributed by atoms with Crippen molar-refractivity contribution in [1.29, 1.82) is 0 Å². The summed E-state index contributed by atoms with van der Waals surface area (Å²) in [4.78, 5) is 17.4. The van der Waals surface area contributed by atoms with Gasteiger partial charge >= 0.3 is 0 Å². The Kier molecular flexibility index (Phi) is 5.16. The van der Waals surface area contributed by atoms with Crippen molar-refractivity contribution in [2.45, 2.75) is 20.4 Å². The van der Waals surface area contributed by atoms with Crippen LogP contribution in [0.15, 0.2) is 77.2 Å². The van der Waals surface area contributed by atoms with Crippen LogP contribution in [0.3, 0.4) is 0 Å². The van der Waals surface area contributed by atoms with Gasteiger partial charge in [-0.3, -0.25) is 4.79 Å². The molecule has 1 aromatic heterocycles. The molecule has 0 aliphatic rings. The molecule has 5 aromatic rings. The number of fused-ring (bicyclic) bond motifs is 2. The number of oxazole rings is 1. The zero-order valence-corrected chi connectivity index (χ0v) is 18.5. The third kappa shape index (κ3) is 3.74. The second kappa shape index (κ2) is 8.13. The number of hydrogen-bond donors (Lipinski definition) is 1. The Morgan fingerprint density at radius 1 is 0.938 bits per heavy atom. The number of carbonyl (C=O) groups is 1. The average Bonchev–Trinajstić information content (AvgIpc) is 3.20. The molecule has 4 nitrogen and oxygen atoms in total. The smallest absolute Gasteiger partial charge is 0.252 e. The van der Waals surface area contributed by atoms with Crippen LogP contribution in [0.1, 0.15) is 27.0 Å². The molecule has 0 saturated carbocycles. The fraction of sp³-hybridized carbons (Fsp3) is 0.111. The van der Waals surface area contributed by atoms with E-state index in [1.165, 1.54) is 11.1 Å². The largest absolute Gasteiger partial charge is 0.436 e. The number of benzene rings is 4. The van der Waals surface area contributed by atoms with E-state index in [0.717, 1.165) is 33.0 Å². The van der Waals surface area contributed by atoms with Crippen molar-refractivity contribution in [1.82, 2.24) is 10.3 Å². The Hall–Kier alpha value is -3.63. The molecular weight excluding hydrogens is 420 g/mol. The van der Waals surface area contributed by atoms with Crippen molar-refractivity contribution in [3.8, 4) is 11.5 Å². The number of nitrogens with one attached hydrogen (secondary N) is 1. The van der Waals surface area contributed by atoms with E-state index in [1.54, 1.807) is 0 Å². The Morgan fingerprint density at radius 2 is 1.66 bits per heavy atom. The normalized spacial score (nSPS) is 11.2. The van der Waals surface area contributed by atoms with Gasteiger partial charge in [0.05, 0.1) is 0 Å². The minimum atomic E-state index is -0.133. The maximum atomic E-state index is 12.8. The average molecular weight is 441 g/mol. The second-order valence-electron chi connectivity index (χ2n) is 7.94. The van der Waals surface area contributed by atoms with Gasteiger partial charge in [0, 0.05) is 28.1 Å². The molecule has 0 spiro atoms. The van der Waals surface area contributed by atoms with Gasteiger partial charge in [0.15, 0.2) is 5.58 Å². The molecule has 0 unspecified atom stereocenters. The van der Waals surface area contributed by atoms with Crippen LogP contribution in [0.4, 0.5) is 0 Å². The van der Waals surface area contributed by atoms with E-state index in [0.29, 0.717) is 23.0 Å². The fourth-order valence-electron chi connectivity index (χ4n) is 3.82. The summed E-state index contributed by atoms with van der Waals surface area (Å²) in [6.45, 7) is 4.55. The molecule has 5 rings (SSSR count). The van der Waals surface area contributed by atoms with Crippen molar-refractivity contribution < 1.29 is 9.21 Å². The molecule has 4 aromatic carbocycles. The van der Waals surface area contributed by atoms with Crippen molar-refractivity contribution in [3.05, 3.63) is 100 Å². The summed E-state index contributed by atoms with van der Waals surface area (Å²) in [5.41, 5.74) is 6.51. The summed E-state index contributed by atoms with van der Waals surface area (Å²) in [6, 6.07) is 23.1. The lowest BCUT2D eigenvalue weighted by molar-refractivity contribution is 0.0952. The van der Waals surface area contributed by atoms with E-state index in [-0.39, 0.29) is 5.91 Å². The van der Waals surface area contributed by atoms with E-state index < -0.39 is 0 Å². The Bertz CT molecular complexity index is 1430. The first-order chi connectivity index (χ1) is 15.5. The first-order valence-electron chi connectivity index (χ1n) is 10.4. The predicted molar refractivity (Wildman–Crippen MR) is 129 cm³/mol. The predicted octanol–water partition coefficient (Wildman–Crippen LogP) is 6.85. The Balaban J connectivity index is 1.32. The summed E-state index contributed by atoms with van der Waals surface area (Å²) in [6.07, 6.45) is 0.